The zero-order chi connectivity index (χ0) is 19.8. The van der Waals surface area contributed by atoms with Gasteiger partial charge in [-0.3, -0.25) is 0 Å². The van der Waals surface area contributed by atoms with Crippen LogP contribution in [-0.2, 0) is 0 Å². The summed E-state index contributed by atoms with van der Waals surface area (Å²) < 4.78 is 0. The van der Waals surface area contributed by atoms with Crippen LogP contribution in [-0.4, -0.2) is 12.1 Å². The van der Waals surface area contributed by atoms with Gasteiger partial charge >= 0.3 is 0 Å². The van der Waals surface area contributed by atoms with Crippen molar-refractivity contribution in [2.24, 2.45) is 47.0 Å². The lowest BCUT2D eigenvalue weighted by atomic mass is 9.68. The number of hydrogen-bond donors (Lipinski definition) is 2. The molecule has 6 atom stereocenters. The molecule has 2 rings (SSSR count). The Morgan fingerprint density at radius 3 is 1.44 bits per heavy atom. The highest BCUT2D eigenvalue weighted by molar-refractivity contribution is 4.87. The topological polar surface area (TPSA) is 52.0 Å². The van der Waals surface area contributed by atoms with Gasteiger partial charge in [-0.25, -0.2) is 0 Å². The summed E-state index contributed by atoms with van der Waals surface area (Å²) in [4.78, 5) is 0. The summed E-state index contributed by atoms with van der Waals surface area (Å²) in [7, 11) is 0. The molecule has 0 spiro atoms. The fraction of sp³-hybridized carbons (Fsp3) is 1.00. The minimum atomic E-state index is 0.469. The molecule has 27 heavy (non-hydrogen) atoms. The minimum Gasteiger partial charge on any atom is -0.327 e. The number of rotatable bonds is 10. The second kappa shape index (κ2) is 11.8. The van der Waals surface area contributed by atoms with Gasteiger partial charge in [0.15, 0.2) is 0 Å². The molecule has 2 saturated carbocycles. The molecule has 2 fully saturated rings. The normalized spacial score (nSPS) is 35.1. The van der Waals surface area contributed by atoms with Crippen LogP contribution in [0.15, 0.2) is 0 Å². The Bertz CT molecular complexity index is 356. The third-order valence-electron chi connectivity index (χ3n) is 7.68. The Balaban J connectivity index is 1.75. The molecule has 0 aromatic carbocycles. The summed E-state index contributed by atoms with van der Waals surface area (Å²) in [5, 5.41) is 0. The average Bonchev–Trinajstić information content (AvgIpc) is 2.60. The summed E-state index contributed by atoms with van der Waals surface area (Å²) in [6.07, 6.45) is 17.8. The van der Waals surface area contributed by atoms with Crippen molar-refractivity contribution in [1.29, 1.82) is 0 Å². The second-order valence-corrected chi connectivity index (χ2v) is 11.1. The predicted octanol–water partition coefficient (Wildman–Crippen LogP) is 6.52. The molecule has 2 aliphatic rings. The summed E-state index contributed by atoms with van der Waals surface area (Å²) in [5.41, 5.74) is 13.0. The van der Waals surface area contributed by atoms with Gasteiger partial charge in [0.1, 0.15) is 0 Å². The van der Waals surface area contributed by atoms with E-state index in [1.807, 2.05) is 0 Å². The fourth-order valence-electron chi connectivity index (χ4n) is 5.91. The Kier molecular flexibility index (Phi) is 10.1. The Labute approximate surface area is 170 Å². The van der Waals surface area contributed by atoms with E-state index in [9.17, 15) is 0 Å². The zero-order valence-electron chi connectivity index (χ0n) is 19.0. The van der Waals surface area contributed by atoms with Gasteiger partial charge in [-0.1, -0.05) is 53.4 Å². The van der Waals surface area contributed by atoms with E-state index in [0.717, 1.165) is 35.5 Å². The van der Waals surface area contributed by atoms with Crippen LogP contribution in [0.5, 0.6) is 0 Å². The van der Waals surface area contributed by atoms with Crippen LogP contribution >= 0.6 is 0 Å². The van der Waals surface area contributed by atoms with E-state index >= 15 is 0 Å². The van der Waals surface area contributed by atoms with Crippen molar-refractivity contribution in [2.45, 2.75) is 123 Å². The largest absolute Gasteiger partial charge is 0.327 e. The van der Waals surface area contributed by atoms with Crippen molar-refractivity contribution >= 4 is 0 Å². The molecule has 160 valence electrons. The van der Waals surface area contributed by atoms with E-state index in [1.165, 1.54) is 83.5 Å². The quantitative estimate of drug-likeness (QED) is 0.455. The van der Waals surface area contributed by atoms with E-state index in [1.54, 1.807) is 0 Å². The van der Waals surface area contributed by atoms with Crippen molar-refractivity contribution in [3.8, 4) is 0 Å². The van der Waals surface area contributed by atoms with Crippen molar-refractivity contribution in [3.05, 3.63) is 0 Å². The van der Waals surface area contributed by atoms with E-state index in [0.29, 0.717) is 12.1 Å². The summed E-state index contributed by atoms with van der Waals surface area (Å²) in [5.74, 6) is 5.11. The summed E-state index contributed by atoms with van der Waals surface area (Å²) in [6, 6.07) is 0.939. The second-order valence-electron chi connectivity index (χ2n) is 11.1. The maximum atomic E-state index is 6.49. The SMILES string of the molecule is CC(C)CCCC1CC(CC2CCC(N)C(CCCC(C)C)C2)CCC1N. The molecule has 0 saturated heterocycles. The maximum Gasteiger partial charge on any atom is 0.00673 e. The molecule has 2 heteroatoms. The van der Waals surface area contributed by atoms with Gasteiger partial charge in [0, 0.05) is 12.1 Å². The van der Waals surface area contributed by atoms with Crippen LogP contribution in [0.25, 0.3) is 0 Å². The van der Waals surface area contributed by atoms with Crippen LogP contribution in [0.4, 0.5) is 0 Å². The summed E-state index contributed by atoms with van der Waals surface area (Å²) in [6.45, 7) is 9.37. The first-order valence-corrected chi connectivity index (χ1v) is 12.4. The molecule has 2 nitrogen and oxygen atoms in total. The molecule has 0 bridgehead atoms. The number of hydrogen-bond acceptors (Lipinski definition) is 2. The van der Waals surface area contributed by atoms with Crippen molar-refractivity contribution in [3.63, 3.8) is 0 Å². The van der Waals surface area contributed by atoms with E-state index < -0.39 is 0 Å². The first kappa shape index (κ1) is 23.2. The smallest absolute Gasteiger partial charge is 0.00673 e. The van der Waals surface area contributed by atoms with Gasteiger partial charge in [-0.2, -0.15) is 0 Å². The lowest BCUT2D eigenvalue weighted by Gasteiger charge is -2.39. The molecule has 0 amide bonds. The third kappa shape index (κ3) is 8.44. The maximum absolute atomic E-state index is 6.49. The first-order chi connectivity index (χ1) is 12.8. The zero-order valence-corrected chi connectivity index (χ0v) is 19.0. The van der Waals surface area contributed by atoms with Gasteiger partial charge in [-0.15, -0.1) is 0 Å². The minimum absolute atomic E-state index is 0.469. The highest BCUT2D eigenvalue weighted by atomic mass is 14.7. The van der Waals surface area contributed by atoms with Gasteiger partial charge in [0.2, 0.25) is 0 Å². The molecule has 0 heterocycles. The van der Waals surface area contributed by atoms with Crippen LogP contribution in [0.1, 0.15) is 111 Å². The van der Waals surface area contributed by atoms with Crippen LogP contribution in [0.3, 0.4) is 0 Å². The van der Waals surface area contributed by atoms with Gasteiger partial charge in [0.05, 0.1) is 0 Å². The molecular formula is C25H50N2. The summed E-state index contributed by atoms with van der Waals surface area (Å²) >= 11 is 0. The van der Waals surface area contributed by atoms with Gasteiger partial charge in [0.25, 0.3) is 0 Å². The predicted molar refractivity (Wildman–Crippen MR) is 120 cm³/mol. The standard InChI is InChI=1S/C25H50N2/c1-18(2)7-5-9-22-16-20(11-13-24(22)26)15-21-12-14-25(27)23(17-21)10-6-8-19(3)4/h18-25H,5-17,26-27H2,1-4H3. The van der Waals surface area contributed by atoms with E-state index in [-0.39, 0.29) is 0 Å². The Hall–Kier alpha value is -0.0800. The molecular weight excluding hydrogens is 328 g/mol. The first-order valence-electron chi connectivity index (χ1n) is 12.4. The molecule has 0 aromatic heterocycles. The van der Waals surface area contributed by atoms with Crippen molar-refractivity contribution in [2.75, 3.05) is 0 Å². The highest BCUT2D eigenvalue weighted by Crippen LogP contribution is 2.40. The van der Waals surface area contributed by atoms with Gasteiger partial charge in [-0.05, 0) is 93.3 Å². The van der Waals surface area contributed by atoms with Crippen LogP contribution < -0.4 is 11.5 Å². The third-order valence-corrected chi connectivity index (χ3v) is 7.68. The Morgan fingerprint density at radius 1 is 0.667 bits per heavy atom. The molecule has 0 aromatic rings. The van der Waals surface area contributed by atoms with Gasteiger partial charge < -0.3 is 11.5 Å². The lowest BCUT2D eigenvalue weighted by Crippen LogP contribution is -2.39. The molecule has 6 unspecified atom stereocenters. The van der Waals surface area contributed by atoms with E-state index in [4.69, 9.17) is 11.5 Å². The molecule has 4 N–H and O–H groups in total. The number of nitrogens with two attached hydrogens (primary N) is 2. The highest BCUT2D eigenvalue weighted by Gasteiger charge is 2.33. The van der Waals surface area contributed by atoms with Crippen molar-refractivity contribution in [1.82, 2.24) is 0 Å². The van der Waals surface area contributed by atoms with Crippen LogP contribution in [0, 0.1) is 35.5 Å². The Morgan fingerprint density at radius 2 is 1.07 bits per heavy atom. The fourth-order valence-corrected chi connectivity index (χ4v) is 5.91. The molecule has 2 aliphatic carbocycles. The monoisotopic (exact) mass is 378 g/mol. The van der Waals surface area contributed by atoms with E-state index in [2.05, 4.69) is 27.7 Å². The molecule has 0 radical (unpaired) electrons. The van der Waals surface area contributed by atoms with Crippen molar-refractivity contribution < 1.29 is 0 Å². The lowest BCUT2D eigenvalue weighted by molar-refractivity contribution is 0.147. The average molecular weight is 379 g/mol. The molecule has 0 aliphatic heterocycles. The van der Waals surface area contributed by atoms with Crippen LogP contribution in [0.2, 0.25) is 0 Å².